The zero-order valence-electron chi connectivity index (χ0n) is 12.5. The zero-order valence-corrected chi connectivity index (χ0v) is 12.5. The third-order valence-electron chi connectivity index (χ3n) is 3.86. The minimum absolute atomic E-state index is 0.0492. The molecule has 1 saturated heterocycles. The summed E-state index contributed by atoms with van der Waals surface area (Å²) in [6, 6.07) is 7.91. The van der Waals surface area contributed by atoms with Gasteiger partial charge in [0.1, 0.15) is 0 Å². The molecule has 1 fully saturated rings. The van der Waals surface area contributed by atoms with Crippen LogP contribution in [0.4, 0.5) is 0 Å². The third kappa shape index (κ3) is 3.94. The van der Waals surface area contributed by atoms with E-state index in [9.17, 15) is 9.59 Å². The van der Waals surface area contributed by atoms with Gasteiger partial charge in [-0.2, -0.15) is 0 Å². The second-order valence-corrected chi connectivity index (χ2v) is 5.34. The molecule has 0 aromatic heterocycles. The van der Waals surface area contributed by atoms with Gasteiger partial charge >= 0.3 is 5.97 Å². The van der Waals surface area contributed by atoms with Gasteiger partial charge in [0, 0.05) is 19.2 Å². The van der Waals surface area contributed by atoms with E-state index in [4.69, 9.17) is 4.74 Å². The third-order valence-corrected chi connectivity index (χ3v) is 3.86. The Morgan fingerprint density at radius 2 is 2.10 bits per heavy atom. The molecule has 4 nitrogen and oxygen atoms in total. The lowest BCUT2D eigenvalue weighted by atomic mass is 9.98. The number of piperidine rings is 1. The van der Waals surface area contributed by atoms with Crippen LogP contribution < -0.4 is 0 Å². The number of hydrogen-bond acceptors (Lipinski definition) is 3. The number of esters is 1. The van der Waals surface area contributed by atoms with E-state index in [0.717, 1.165) is 24.0 Å². The fraction of sp³-hybridized carbons (Fsp3) is 0.412. The van der Waals surface area contributed by atoms with Crippen molar-refractivity contribution < 1.29 is 14.3 Å². The van der Waals surface area contributed by atoms with Gasteiger partial charge in [-0.25, -0.2) is 0 Å². The second kappa shape index (κ2) is 7.07. The Kier molecular flexibility index (Phi) is 5.14. The van der Waals surface area contributed by atoms with Gasteiger partial charge in [0.05, 0.1) is 13.0 Å². The normalized spacial score (nSPS) is 18.8. The Hall–Kier alpha value is -2.10. The Morgan fingerprint density at radius 3 is 2.81 bits per heavy atom. The molecule has 1 atom stereocenters. The molecule has 0 radical (unpaired) electrons. The van der Waals surface area contributed by atoms with E-state index in [1.807, 2.05) is 37.3 Å². The molecule has 0 saturated carbocycles. The van der Waals surface area contributed by atoms with Gasteiger partial charge in [0.25, 0.3) is 0 Å². The molecule has 4 heteroatoms. The maximum absolute atomic E-state index is 12.2. The van der Waals surface area contributed by atoms with Crippen LogP contribution >= 0.6 is 0 Å². The summed E-state index contributed by atoms with van der Waals surface area (Å²) < 4.78 is 4.77. The van der Waals surface area contributed by atoms with Crippen molar-refractivity contribution in [1.29, 1.82) is 0 Å². The summed E-state index contributed by atoms with van der Waals surface area (Å²) in [6.45, 7) is 3.16. The number of hydrogen-bond donors (Lipinski definition) is 0. The van der Waals surface area contributed by atoms with Gasteiger partial charge in [-0.15, -0.1) is 0 Å². The molecule has 1 aliphatic heterocycles. The molecule has 0 spiro atoms. The van der Waals surface area contributed by atoms with Crippen LogP contribution in [0.2, 0.25) is 0 Å². The average Bonchev–Trinajstić information content (AvgIpc) is 2.53. The molecule has 2 rings (SSSR count). The highest BCUT2D eigenvalue weighted by Gasteiger charge is 2.28. The molecule has 0 bridgehead atoms. The van der Waals surface area contributed by atoms with Crippen molar-refractivity contribution in [3.63, 3.8) is 0 Å². The molecular formula is C17H21NO3. The largest absolute Gasteiger partial charge is 0.469 e. The monoisotopic (exact) mass is 287 g/mol. The lowest BCUT2D eigenvalue weighted by Crippen LogP contribution is -2.41. The minimum Gasteiger partial charge on any atom is -0.469 e. The Labute approximate surface area is 125 Å². The lowest BCUT2D eigenvalue weighted by Gasteiger charge is -2.30. The van der Waals surface area contributed by atoms with Crippen LogP contribution in [-0.2, 0) is 14.3 Å². The fourth-order valence-electron chi connectivity index (χ4n) is 2.58. The summed E-state index contributed by atoms with van der Waals surface area (Å²) in [5.74, 6) is -0.471. The molecule has 1 amide bonds. The molecule has 1 aliphatic rings. The Balaban J connectivity index is 2.00. The standard InChI is InChI=1S/C17H21NO3/c1-13-6-3-4-7-14(13)9-10-16(19)18-11-5-8-15(12-18)17(20)21-2/h3-4,6-7,9-10,15H,5,8,11-12H2,1-2H3/b10-9+. The van der Waals surface area contributed by atoms with Gasteiger partial charge in [-0.3, -0.25) is 9.59 Å². The molecular weight excluding hydrogens is 266 g/mol. The molecule has 0 aliphatic carbocycles. The minimum atomic E-state index is -0.226. The summed E-state index contributed by atoms with van der Waals surface area (Å²) in [7, 11) is 1.39. The first kappa shape index (κ1) is 15.3. The predicted molar refractivity (Wildman–Crippen MR) is 81.5 cm³/mol. The Morgan fingerprint density at radius 1 is 1.33 bits per heavy atom. The molecule has 1 unspecified atom stereocenters. The fourth-order valence-corrected chi connectivity index (χ4v) is 2.58. The highest BCUT2D eigenvalue weighted by molar-refractivity contribution is 5.92. The first-order valence-corrected chi connectivity index (χ1v) is 7.22. The molecule has 0 N–H and O–H groups in total. The van der Waals surface area contributed by atoms with Gasteiger partial charge in [-0.1, -0.05) is 24.3 Å². The van der Waals surface area contributed by atoms with Crippen LogP contribution in [-0.4, -0.2) is 37.0 Å². The van der Waals surface area contributed by atoms with Gasteiger partial charge < -0.3 is 9.64 Å². The maximum atomic E-state index is 12.2. The smallest absolute Gasteiger partial charge is 0.310 e. The van der Waals surface area contributed by atoms with Crippen LogP contribution in [0.5, 0.6) is 0 Å². The molecule has 1 aromatic rings. The summed E-state index contributed by atoms with van der Waals surface area (Å²) in [5, 5.41) is 0. The summed E-state index contributed by atoms with van der Waals surface area (Å²) in [6.07, 6.45) is 5.04. The van der Waals surface area contributed by atoms with E-state index in [1.54, 1.807) is 11.0 Å². The van der Waals surface area contributed by atoms with Crippen molar-refractivity contribution in [1.82, 2.24) is 4.90 Å². The topological polar surface area (TPSA) is 46.6 Å². The highest BCUT2D eigenvalue weighted by atomic mass is 16.5. The lowest BCUT2D eigenvalue weighted by molar-refractivity contribution is -0.148. The quantitative estimate of drug-likeness (QED) is 0.633. The number of nitrogens with zero attached hydrogens (tertiary/aromatic N) is 1. The van der Waals surface area contributed by atoms with Crippen LogP contribution in [0.1, 0.15) is 24.0 Å². The van der Waals surface area contributed by atoms with Crippen molar-refractivity contribution in [3.8, 4) is 0 Å². The van der Waals surface area contributed by atoms with Gasteiger partial charge in [-0.05, 0) is 37.0 Å². The number of ether oxygens (including phenoxy) is 1. The van der Waals surface area contributed by atoms with E-state index in [0.29, 0.717) is 13.1 Å². The number of amides is 1. The van der Waals surface area contributed by atoms with E-state index in [1.165, 1.54) is 7.11 Å². The zero-order chi connectivity index (χ0) is 15.2. The molecule has 21 heavy (non-hydrogen) atoms. The summed E-state index contributed by atoms with van der Waals surface area (Å²) in [5.41, 5.74) is 2.17. The van der Waals surface area contributed by atoms with Crippen molar-refractivity contribution >= 4 is 18.0 Å². The van der Waals surface area contributed by atoms with Crippen LogP contribution in [0, 0.1) is 12.8 Å². The van der Waals surface area contributed by atoms with Crippen LogP contribution in [0.25, 0.3) is 6.08 Å². The van der Waals surface area contributed by atoms with Crippen molar-refractivity contribution in [2.45, 2.75) is 19.8 Å². The average molecular weight is 287 g/mol. The highest BCUT2D eigenvalue weighted by Crippen LogP contribution is 2.18. The van der Waals surface area contributed by atoms with Crippen LogP contribution in [0.3, 0.4) is 0 Å². The van der Waals surface area contributed by atoms with Gasteiger partial charge in [0.15, 0.2) is 0 Å². The second-order valence-electron chi connectivity index (χ2n) is 5.34. The van der Waals surface area contributed by atoms with E-state index >= 15 is 0 Å². The first-order chi connectivity index (χ1) is 10.1. The number of carbonyl (C=O) groups is 2. The first-order valence-electron chi connectivity index (χ1n) is 7.22. The number of carbonyl (C=O) groups excluding carboxylic acids is 2. The number of aryl methyl sites for hydroxylation is 1. The van der Waals surface area contributed by atoms with E-state index < -0.39 is 0 Å². The van der Waals surface area contributed by atoms with Crippen molar-refractivity contribution in [3.05, 3.63) is 41.5 Å². The summed E-state index contributed by atoms with van der Waals surface area (Å²) >= 11 is 0. The number of likely N-dealkylation sites (tertiary alicyclic amines) is 1. The predicted octanol–water partition coefficient (Wildman–Crippen LogP) is 2.42. The Bertz CT molecular complexity index is 551. The molecule has 1 aromatic carbocycles. The van der Waals surface area contributed by atoms with Gasteiger partial charge in [0.2, 0.25) is 5.91 Å². The number of benzene rings is 1. The SMILES string of the molecule is COC(=O)C1CCCN(C(=O)/C=C/c2ccccc2C)C1. The number of rotatable bonds is 3. The number of methoxy groups -OCH3 is 1. The summed E-state index contributed by atoms with van der Waals surface area (Å²) in [4.78, 5) is 25.5. The molecule has 1 heterocycles. The maximum Gasteiger partial charge on any atom is 0.310 e. The van der Waals surface area contributed by atoms with E-state index in [-0.39, 0.29) is 17.8 Å². The van der Waals surface area contributed by atoms with Crippen LogP contribution in [0.15, 0.2) is 30.3 Å². The van der Waals surface area contributed by atoms with E-state index in [2.05, 4.69) is 0 Å². The van der Waals surface area contributed by atoms with Crippen molar-refractivity contribution in [2.75, 3.05) is 20.2 Å². The van der Waals surface area contributed by atoms with Crippen molar-refractivity contribution in [2.24, 2.45) is 5.92 Å². The molecule has 112 valence electrons.